The third-order valence-corrected chi connectivity index (χ3v) is 4.41. The Morgan fingerprint density at radius 2 is 2.05 bits per heavy atom. The lowest BCUT2D eigenvalue weighted by atomic mass is 10.1. The fraction of sp³-hybridized carbons (Fsp3) is 0.176. The summed E-state index contributed by atoms with van der Waals surface area (Å²) < 4.78 is 0. The van der Waals surface area contributed by atoms with Crippen molar-refractivity contribution in [3.05, 3.63) is 65.2 Å². The van der Waals surface area contributed by atoms with E-state index in [9.17, 15) is 0 Å². The molecule has 0 aliphatic carbocycles. The molecule has 0 spiro atoms. The largest absolute Gasteiger partial charge is 0.335 e. The average Bonchev–Trinajstić information content (AvgIpc) is 2.99. The maximum atomic E-state index is 8.99. The standard InChI is InChI=1S/C17H15N3S/c1-12-7-8-13(10-18)9-15(12)19-17-20-16(11-21-17)14-5-3-2-4-6-14/h2-9,16H,11H2,1H3,(H,19,20). The van der Waals surface area contributed by atoms with Gasteiger partial charge >= 0.3 is 0 Å². The lowest BCUT2D eigenvalue weighted by Gasteiger charge is -2.08. The molecule has 0 amide bonds. The Kier molecular flexibility index (Phi) is 3.94. The highest BCUT2D eigenvalue weighted by atomic mass is 32.2. The van der Waals surface area contributed by atoms with Crippen molar-refractivity contribution < 1.29 is 0 Å². The third-order valence-electron chi connectivity index (χ3n) is 3.44. The predicted molar refractivity (Wildman–Crippen MR) is 88.6 cm³/mol. The molecule has 0 saturated carbocycles. The number of nitrogens with one attached hydrogen (secondary N) is 1. The number of aryl methyl sites for hydroxylation is 1. The van der Waals surface area contributed by atoms with E-state index in [0.717, 1.165) is 22.2 Å². The van der Waals surface area contributed by atoms with E-state index in [2.05, 4.69) is 23.5 Å². The van der Waals surface area contributed by atoms with E-state index in [1.54, 1.807) is 11.8 Å². The third kappa shape index (κ3) is 3.09. The fourth-order valence-corrected chi connectivity index (χ4v) is 3.20. The molecular weight excluding hydrogens is 278 g/mol. The van der Waals surface area contributed by atoms with Crippen LogP contribution in [0.4, 0.5) is 5.69 Å². The van der Waals surface area contributed by atoms with Crippen LogP contribution in [0.2, 0.25) is 0 Å². The van der Waals surface area contributed by atoms with Crippen molar-refractivity contribution in [1.82, 2.24) is 0 Å². The van der Waals surface area contributed by atoms with E-state index >= 15 is 0 Å². The van der Waals surface area contributed by atoms with Gasteiger partial charge in [-0.25, -0.2) is 0 Å². The SMILES string of the molecule is Cc1ccc(C#N)cc1NC1=NC(c2ccccc2)CS1. The molecule has 0 bridgehead atoms. The predicted octanol–water partition coefficient (Wildman–Crippen LogP) is 4.12. The van der Waals surface area contributed by atoms with Gasteiger partial charge < -0.3 is 5.32 Å². The van der Waals surface area contributed by atoms with Crippen molar-refractivity contribution >= 4 is 22.6 Å². The number of hydrogen-bond donors (Lipinski definition) is 1. The van der Waals surface area contributed by atoms with E-state index in [4.69, 9.17) is 10.3 Å². The van der Waals surface area contributed by atoms with E-state index in [0.29, 0.717) is 5.56 Å². The van der Waals surface area contributed by atoms with Gasteiger partial charge in [-0.15, -0.1) is 0 Å². The van der Waals surface area contributed by atoms with E-state index in [1.807, 2.05) is 43.3 Å². The Balaban J connectivity index is 1.79. The number of anilines is 1. The Morgan fingerprint density at radius 1 is 1.24 bits per heavy atom. The lowest BCUT2D eigenvalue weighted by Crippen LogP contribution is -2.06. The number of rotatable bonds is 2. The molecular formula is C17H15N3S. The van der Waals surface area contributed by atoms with E-state index in [-0.39, 0.29) is 6.04 Å². The van der Waals surface area contributed by atoms with Crippen LogP contribution in [0.1, 0.15) is 22.7 Å². The molecule has 0 fully saturated rings. The number of nitriles is 1. The quantitative estimate of drug-likeness (QED) is 0.906. The number of amidine groups is 1. The average molecular weight is 293 g/mol. The second-order valence-corrected chi connectivity index (χ2v) is 5.95. The van der Waals surface area contributed by atoms with Gasteiger partial charge in [0.05, 0.1) is 17.7 Å². The molecule has 1 heterocycles. The molecule has 104 valence electrons. The van der Waals surface area contributed by atoms with E-state index < -0.39 is 0 Å². The van der Waals surface area contributed by atoms with Crippen LogP contribution in [0.3, 0.4) is 0 Å². The minimum absolute atomic E-state index is 0.207. The maximum Gasteiger partial charge on any atom is 0.161 e. The second-order valence-electron chi connectivity index (χ2n) is 4.94. The molecule has 21 heavy (non-hydrogen) atoms. The molecule has 1 unspecified atom stereocenters. The Bertz CT molecular complexity index is 717. The number of hydrogen-bond acceptors (Lipinski definition) is 4. The van der Waals surface area contributed by atoms with Crippen molar-refractivity contribution in [2.75, 3.05) is 11.1 Å². The zero-order chi connectivity index (χ0) is 14.7. The van der Waals surface area contributed by atoms with Crippen LogP contribution in [0, 0.1) is 18.3 Å². The van der Waals surface area contributed by atoms with Crippen molar-refractivity contribution in [2.45, 2.75) is 13.0 Å². The normalized spacial score (nSPS) is 17.1. The summed E-state index contributed by atoms with van der Waals surface area (Å²) in [6.45, 7) is 2.03. The zero-order valence-electron chi connectivity index (χ0n) is 11.7. The minimum atomic E-state index is 0.207. The first kappa shape index (κ1) is 13.7. The van der Waals surface area contributed by atoms with Crippen molar-refractivity contribution in [3.8, 4) is 6.07 Å². The Labute approximate surface area is 128 Å². The van der Waals surface area contributed by atoms with Gasteiger partial charge in [0, 0.05) is 11.4 Å². The number of thioether (sulfide) groups is 1. The summed E-state index contributed by atoms with van der Waals surface area (Å²) in [7, 11) is 0. The molecule has 3 nitrogen and oxygen atoms in total. The van der Waals surface area contributed by atoms with Crippen LogP contribution in [0.25, 0.3) is 0 Å². The van der Waals surface area contributed by atoms with Gasteiger partial charge in [0.25, 0.3) is 0 Å². The first-order valence-corrected chi connectivity index (χ1v) is 7.78. The molecule has 4 heteroatoms. The first-order chi connectivity index (χ1) is 10.3. The molecule has 0 radical (unpaired) electrons. The van der Waals surface area contributed by atoms with Gasteiger partial charge in [-0.1, -0.05) is 48.2 Å². The molecule has 1 atom stereocenters. The van der Waals surface area contributed by atoms with Crippen LogP contribution in [-0.2, 0) is 0 Å². The molecule has 3 rings (SSSR count). The highest BCUT2D eigenvalue weighted by molar-refractivity contribution is 8.14. The molecule has 1 N–H and O–H groups in total. The molecule has 2 aromatic carbocycles. The Morgan fingerprint density at radius 3 is 2.81 bits per heavy atom. The topological polar surface area (TPSA) is 48.2 Å². The molecule has 1 aliphatic heterocycles. The van der Waals surface area contributed by atoms with Gasteiger partial charge in [0.1, 0.15) is 0 Å². The Hall–Kier alpha value is -2.25. The van der Waals surface area contributed by atoms with Crippen LogP contribution >= 0.6 is 11.8 Å². The zero-order valence-corrected chi connectivity index (χ0v) is 12.5. The summed E-state index contributed by atoms with van der Waals surface area (Å²) in [6.07, 6.45) is 0. The maximum absolute atomic E-state index is 8.99. The first-order valence-electron chi connectivity index (χ1n) is 6.79. The van der Waals surface area contributed by atoms with Crippen LogP contribution in [0.5, 0.6) is 0 Å². The molecule has 1 aliphatic rings. The summed E-state index contributed by atoms with van der Waals surface area (Å²) >= 11 is 1.72. The summed E-state index contributed by atoms with van der Waals surface area (Å²) in [6, 6.07) is 18.4. The summed E-state index contributed by atoms with van der Waals surface area (Å²) in [5, 5.41) is 13.3. The van der Waals surface area contributed by atoms with Crippen molar-refractivity contribution in [2.24, 2.45) is 4.99 Å². The van der Waals surface area contributed by atoms with Crippen LogP contribution in [0.15, 0.2) is 53.5 Å². The van der Waals surface area contributed by atoms with Gasteiger partial charge in [0.2, 0.25) is 0 Å². The fourth-order valence-electron chi connectivity index (χ4n) is 2.23. The second kappa shape index (κ2) is 6.02. The highest BCUT2D eigenvalue weighted by Crippen LogP contribution is 2.31. The molecule has 0 aromatic heterocycles. The number of aliphatic imine (C=N–C) groups is 1. The highest BCUT2D eigenvalue weighted by Gasteiger charge is 2.20. The minimum Gasteiger partial charge on any atom is -0.335 e. The molecule has 2 aromatic rings. The molecule has 0 saturated heterocycles. The summed E-state index contributed by atoms with van der Waals surface area (Å²) in [5.41, 5.74) is 3.96. The lowest BCUT2D eigenvalue weighted by molar-refractivity contribution is 0.849. The number of benzene rings is 2. The monoisotopic (exact) mass is 293 g/mol. The van der Waals surface area contributed by atoms with Gasteiger partial charge in [-0.05, 0) is 30.2 Å². The van der Waals surface area contributed by atoms with E-state index in [1.165, 1.54) is 5.56 Å². The van der Waals surface area contributed by atoms with Crippen molar-refractivity contribution in [3.63, 3.8) is 0 Å². The van der Waals surface area contributed by atoms with Gasteiger partial charge in [-0.2, -0.15) is 5.26 Å². The van der Waals surface area contributed by atoms with Gasteiger partial charge in [0.15, 0.2) is 5.17 Å². The van der Waals surface area contributed by atoms with Crippen molar-refractivity contribution in [1.29, 1.82) is 5.26 Å². The van der Waals surface area contributed by atoms with Crippen LogP contribution in [-0.4, -0.2) is 10.9 Å². The van der Waals surface area contributed by atoms with Gasteiger partial charge in [-0.3, -0.25) is 4.99 Å². The van der Waals surface area contributed by atoms with Crippen LogP contribution < -0.4 is 5.32 Å². The number of nitrogens with zero attached hydrogens (tertiary/aromatic N) is 2. The smallest absolute Gasteiger partial charge is 0.161 e. The summed E-state index contributed by atoms with van der Waals surface area (Å²) in [4.78, 5) is 4.74. The summed E-state index contributed by atoms with van der Waals surface area (Å²) in [5.74, 6) is 0.948.